The molecule has 196 valence electrons. The van der Waals surface area contributed by atoms with Crippen molar-refractivity contribution in [3.63, 3.8) is 0 Å². The van der Waals surface area contributed by atoms with Gasteiger partial charge in [0.2, 0.25) is 11.8 Å². The van der Waals surface area contributed by atoms with E-state index >= 15 is 0 Å². The van der Waals surface area contributed by atoms with Gasteiger partial charge in [0.15, 0.2) is 0 Å². The Morgan fingerprint density at radius 2 is 1.97 bits per heavy atom. The van der Waals surface area contributed by atoms with E-state index in [1.54, 1.807) is 15.9 Å². The van der Waals surface area contributed by atoms with E-state index < -0.39 is 41.1 Å². The van der Waals surface area contributed by atoms with Crippen LogP contribution in [0.15, 0.2) is 25.3 Å². The lowest BCUT2D eigenvalue weighted by Gasteiger charge is -2.42. The van der Waals surface area contributed by atoms with Crippen LogP contribution in [0.5, 0.6) is 0 Å². The molecule has 8 atom stereocenters. The second-order valence-electron chi connectivity index (χ2n) is 10.9. The van der Waals surface area contributed by atoms with Gasteiger partial charge in [-0.1, -0.05) is 45.9 Å². The van der Waals surface area contributed by atoms with Crippen LogP contribution in [-0.2, 0) is 23.9 Å². The van der Waals surface area contributed by atoms with Crippen molar-refractivity contribution in [3.8, 4) is 0 Å². The van der Waals surface area contributed by atoms with Crippen LogP contribution < -0.4 is 0 Å². The van der Waals surface area contributed by atoms with E-state index in [0.29, 0.717) is 19.4 Å². The minimum atomic E-state index is -1.17. The SMILES string of the molecule is C=CCOC(=O)[C@H]1[C@H]2C(=O)N([C@@H](CO)[C@@H](C)CC)C(C(=O)N(CC=C)C(C)C)C23CC(C)[C@]1(C)O3. The zero-order valence-electron chi connectivity index (χ0n) is 22.0. The Morgan fingerprint density at radius 1 is 1.31 bits per heavy atom. The van der Waals surface area contributed by atoms with E-state index in [0.717, 1.165) is 0 Å². The monoisotopic (exact) mass is 490 g/mol. The average molecular weight is 491 g/mol. The number of aliphatic hydroxyl groups excluding tert-OH is 1. The third-order valence-corrected chi connectivity index (χ3v) is 8.66. The van der Waals surface area contributed by atoms with Gasteiger partial charge in [0.1, 0.15) is 24.2 Å². The first-order chi connectivity index (χ1) is 16.5. The molecule has 3 aliphatic heterocycles. The predicted molar refractivity (Wildman–Crippen MR) is 132 cm³/mol. The Bertz CT molecular complexity index is 874. The molecule has 3 rings (SSSR count). The molecule has 3 aliphatic rings. The third-order valence-electron chi connectivity index (χ3n) is 8.66. The maximum atomic E-state index is 14.2. The van der Waals surface area contributed by atoms with E-state index in [4.69, 9.17) is 9.47 Å². The fourth-order valence-corrected chi connectivity index (χ4v) is 6.57. The highest BCUT2D eigenvalue weighted by atomic mass is 16.6. The van der Waals surface area contributed by atoms with Crippen molar-refractivity contribution in [1.82, 2.24) is 9.80 Å². The number of amides is 2. The van der Waals surface area contributed by atoms with E-state index in [9.17, 15) is 19.5 Å². The van der Waals surface area contributed by atoms with E-state index in [1.165, 1.54) is 6.08 Å². The number of nitrogens with zero attached hydrogens (tertiary/aromatic N) is 2. The minimum Gasteiger partial charge on any atom is -0.461 e. The summed E-state index contributed by atoms with van der Waals surface area (Å²) >= 11 is 0. The summed E-state index contributed by atoms with van der Waals surface area (Å²) in [6.45, 7) is 19.1. The lowest BCUT2D eigenvalue weighted by atomic mass is 9.62. The Labute approximate surface area is 209 Å². The minimum absolute atomic E-state index is 0.0341. The molecule has 8 heteroatoms. The van der Waals surface area contributed by atoms with Crippen LogP contribution in [0.3, 0.4) is 0 Å². The van der Waals surface area contributed by atoms with Crippen LogP contribution in [0.4, 0.5) is 0 Å². The van der Waals surface area contributed by atoms with Crippen LogP contribution in [0, 0.1) is 23.7 Å². The number of esters is 1. The molecule has 0 saturated carbocycles. The lowest BCUT2D eigenvalue weighted by Crippen LogP contribution is -2.60. The van der Waals surface area contributed by atoms with Crippen molar-refractivity contribution in [2.75, 3.05) is 19.8 Å². The quantitative estimate of drug-likeness (QED) is 0.353. The van der Waals surface area contributed by atoms with Crippen LogP contribution in [0.1, 0.15) is 54.4 Å². The van der Waals surface area contributed by atoms with Gasteiger partial charge >= 0.3 is 5.97 Å². The molecule has 0 aliphatic carbocycles. The van der Waals surface area contributed by atoms with Crippen molar-refractivity contribution in [2.24, 2.45) is 23.7 Å². The summed E-state index contributed by atoms with van der Waals surface area (Å²) in [4.78, 5) is 45.0. The highest BCUT2D eigenvalue weighted by Gasteiger charge is 2.81. The number of fused-ring (bicyclic) bond motifs is 1. The first-order valence-corrected chi connectivity index (χ1v) is 12.8. The summed E-state index contributed by atoms with van der Waals surface area (Å²) in [7, 11) is 0. The smallest absolute Gasteiger partial charge is 0.313 e. The summed E-state index contributed by atoms with van der Waals surface area (Å²) in [6.07, 6.45) is 4.34. The standard InChI is InChI=1S/C27H42N2O6/c1-9-12-28(16(4)5)24(32)22-27-14-18(7)26(8,35-27)21(25(33)34-13-10-2)20(27)23(31)29(22)19(15-30)17(6)11-3/h9-10,16-22,30H,1-2,11-15H2,3-8H3/t17-,18?,19-,20-,21+,22?,26-,27?/m0/s1. The number of likely N-dealkylation sites (tertiary alicyclic amines) is 1. The van der Waals surface area contributed by atoms with Gasteiger partial charge in [-0.3, -0.25) is 14.4 Å². The molecular weight excluding hydrogens is 448 g/mol. The summed E-state index contributed by atoms with van der Waals surface area (Å²) in [6, 6.07) is -1.66. The van der Waals surface area contributed by atoms with E-state index in [1.807, 2.05) is 41.5 Å². The Balaban J connectivity index is 2.20. The van der Waals surface area contributed by atoms with Crippen molar-refractivity contribution >= 4 is 17.8 Å². The number of carbonyl (C=O) groups excluding carboxylic acids is 3. The molecular formula is C27H42N2O6. The van der Waals surface area contributed by atoms with E-state index in [-0.39, 0.29) is 42.9 Å². The lowest BCUT2D eigenvalue weighted by molar-refractivity contribution is -0.164. The van der Waals surface area contributed by atoms with Crippen molar-refractivity contribution < 1.29 is 29.0 Å². The van der Waals surface area contributed by atoms with Crippen LogP contribution in [-0.4, -0.2) is 81.8 Å². The van der Waals surface area contributed by atoms with Gasteiger partial charge < -0.3 is 24.4 Å². The number of ether oxygens (including phenoxy) is 2. The van der Waals surface area contributed by atoms with Crippen LogP contribution in [0.2, 0.25) is 0 Å². The van der Waals surface area contributed by atoms with Crippen molar-refractivity contribution in [2.45, 2.75) is 83.7 Å². The number of hydrogen-bond acceptors (Lipinski definition) is 6. The topological polar surface area (TPSA) is 96.4 Å². The molecule has 2 bridgehead atoms. The predicted octanol–water partition coefficient (Wildman–Crippen LogP) is 2.56. The molecule has 1 N–H and O–H groups in total. The first-order valence-electron chi connectivity index (χ1n) is 12.8. The molecule has 0 radical (unpaired) electrons. The fraction of sp³-hybridized carbons (Fsp3) is 0.741. The molecule has 0 aromatic carbocycles. The van der Waals surface area contributed by atoms with Gasteiger partial charge in [-0.15, -0.1) is 6.58 Å². The summed E-state index contributed by atoms with van der Waals surface area (Å²) < 4.78 is 12.1. The normalized spacial score (nSPS) is 35.1. The Hall–Kier alpha value is -2.19. The molecule has 3 heterocycles. The first kappa shape index (κ1) is 27.4. The number of carbonyl (C=O) groups is 3. The number of aliphatic hydroxyl groups is 1. The van der Waals surface area contributed by atoms with Gasteiger partial charge in [-0.2, -0.15) is 0 Å². The molecule has 35 heavy (non-hydrogen) atoms. The molecule has 3 fully saturated rings. The molecule has 8 nitrogen and oxygen atoms in total. The molecule has 1 spiro atoms. The number of hydrogen-bond donors (Lipinski definition) is 1. The second kappa shape index (κ2) is 10.1. The Kier molecular flexibility index (Phi) is 7.87. The van der Waals surface area contributed by atoms with Crippen molar-refractivity contribution in [1.29, 1.82) is 0 Å². The summed E-state index contributed by atoms with van der Waals surface area (Å²) in [5.41, 5.74) is -2.11. The van der Waals surface area contributed by atoms with Gasteiger partial charge in [-0.05, 0) is 39.0 Å². The van der Waals surface area contributed by atoms with Gasteiger partial charge in [0, 0.05) is 12.6 Å². The second-order valence-corrected chi connectivity index (χ2v) is 10.9. The van der Waals surface area contributed by atoms with Gasteiger partial charge in [-0.25, -0.2) is 0 Å². The van der Waals surface area contributed by atoms with Gasteiger partial charge in [0.05, 0.1) is 24.2 Å². The maximum absolute atomic E-state index is 14.2. The maximum Gasteiger partial charge on any atom is 0.313 e. The van der Waals surface area contributed by atoms with Gasteiger partial charge in [0.25, 0.3) is 0 Å². The fourth-order valence-electron chi connectivity index (χ4n) is 6.57. The number of rotatable bonds is 11. The molecule has 2 amide bonds. The highest BCUT2D eigenvalue weighted by Crippen LogP contribution is 2.65. The van der Waals surface area contributed by atoms with Crippen molar-refractivity contribution in [3.05, 3.63) is 25.3 Å². The van der Waals surface area contributed by atoms with Crippen LogP contribution in [0.25, 0.3) is 0 Å². The molecule has 3 saturated heterocycles. The largest absolute Gasteiger partial charge is 0.461 e. The summed E-state index contributed by atoms with van der Waals surface area (Å²) in [5.74, 6) is -2.91. The molecule has 0 aromatic heterocycles. The highest BCUT2D eigenvalue weighted by molar-refractivity contribution is 5.99. The zero-order valence-corrected chi connectivity index (χ0v) is 22.0. The zero-order chi connectivity index (χ0) is 26.3. The Morgan fingerprint density at radius 3 is 2.49 bits per heavy atom. The third kappa shape index (κ3) is 4.02. The summed E-state index contributed by atoms with van der Waals surface area (Å²) in [5, 5.41) is 10.4. The van der Waals surface area contributed by atoms with Crippen LogP contribution >= 0.6 is 0 Å². The van der Waals surface area contributed by atoms with E-state index in [2.05, 4.69) is 13.2 Å². The molecule has 3 unspecified atom stereocenters. The average Bonchev–Trinajstić information content (AvgIpc) is 3.32. The molecule has 0 aromatic rings.